The van der Waals surface area contributed by atoms with Crippen LogP contribution in [0, 0.1) is 10.8 Å². The number of rotatable bonds is 3. The molecule has 0 radical (unpaired) electrons. The van der Waals surface area contributed by atoms with Crippen molar-refractivity contribution in [3.8, 4) is 0 Å². The van der Waals surface area contributed by atoms with Gasteiger partial charge in [0.15, 0.2) is 0 Å². The summed E-state index contributed by atoms with van der Waals surface area (Å²) >= 11 is 4.13. The monoisotopic (exact) mass is 178 g/mol. The molecule has 0 atom stereocenters. The summed E-state index contributed by atoms with van der Waals surface area (Å²) in [6.07, 6.45) is 0. The van der Waals surface area contributed by atoms with E-state index in [-0.39, 0.29) is 18.6 Å². The second kappa shape index (κ2) is 3.78. The molecule has 2 N–H and O–H groups in total. The second-order valence-corrected chi connectivity index (χ2v) is 4.32. The lowest BCUT2D eigenvalue weighted by atomic mass is 9.69. The molecule has 0 fully saturated rings. The van der Waals surface area contributed by atoms with Crippen molar-refractivity contribution in [2.75, 3.05) is 19.0 Å². The fourth-order valence-corrected chi connectivity index (χ4v) is 1.54. The van der Waals surface area contributed by atoms with Crippen molar-refractivity contribution in [3.05, 3.63) is 0 Å². The number of thiol groups is 1. The van der Waals surface area contributed by atoms with Crippen molar-refractivity contribution in [1.82, 2.24) is 0 Å². The highest BCUT2D eigenvalue weighted by atomic mass is 32.1. The Morgan fingerprint density at radius 2 is 1.45 bits per heavy atom. The first kappa shape index (κ1) is 11.3. The minimum absolute atomic E-state index is 0.0174. The van der Waals surface area contributed by atoms with Crippen molar-refractivity contribution >= 4 is 12.6 Å². The summed E-state index contributed by atoms with van der Waals surface area (Å²) in [4.78, 5) is 0. The normalized spacial score (nSPS) is 13.6. The molecule has 2 nitrogen and oxygen atoms in total. The Hall–Kier alpha value is 0.270. The molecular formula is C8H18O2S. The minimum atomic E-state index is -0.462. The van der Waals surface area contributed by atoms with E-state index in [0.717, 1.165) is 0 Å². The van der Waals surface area contributed by atoms with Gasteiger partial charge in [-0.1, -0.05) is 20.8 Å². The van der Waals surface area contributed by atoms with E-state index >= 15 is 0 Å². The van der Waals surface area contributed by atoms with Gasteiger partial charge in [-0.15, -0.1) is 0 Å². The third-order valence-corrected chi connectivity index (χ3v) is 3.10. The summed E-state index contributed by atoms with van der Waals surface area (Å²) in [6, 6.07) is 0. The van der Waals surface area contributed by atoms with Crippen LogP contribution in [0.4, 0.5) is 0 Å². The maximum Gasteiger partial charge on any atom is 0.0522 e. The van der Waals surface area contributed by atoms with Crippen LogP contribution < -0.4 is 0 Å². The maximum absolute atomic E-state index is 9.10. The zero-order chi connectivity index (χ0) is 9.12. The summed E-state index contributed by atoms with van der Waals surface area (Å²) in [5.74, 6) is 0.503. The highest BCUT2D eigenvalue weighted by Crippen LogP contribution is 2.38. The Balaban J connectivity index is 4.54. The molecule has 0 aromatic rings. The van der Waals surface area contributed by atoms with Crippen LogP contribution in [0.3, 0.4) is 0 Å². The summed E-state index contributed by atoms with van der Waals surface area (Å²) in [5.41, 5.74) is -0.575. The van der Waals surface area contributed by atoms with Gasteiger partial charge < -0.3 is 10.2 Å². The molecule has 0 rings (SSSR count). The molecule has 0 aliphatic carbocycles. The number of aliphatic hydroxyl groups excluding tert-OH is 2. The lowest BCUT2D eigenvalue weighted by Gasteiger charge is -2.41. The molecule has 0 saturated heterocycles. The average molecular weight is 178 g/mol. The van der Waals surface area contributed by atoms with Crippen molar-refractivity contribution in [3.63, 3.8) is 0 Å². The maximum atomic E-state index is 9.10. The Morgan fingerprint density at radius 1 is 1.09 bits per heavy atom. The first-order valence-electron chi connectivity index (χ1n) is 3.76. The smallest absolute Gasteiger partial charge is 0.0522 e. The van der Waals surface area contributed by atoms with Gasteiger partial charge in [-0.2, -0.15) is 12.6 Å². The zero-order valence-electron chi connectivity index (χ0n) is 7.46. The largest absolute Gasteiger partial charge is 0.396 e. The van der Waals surface area contributed by atoms with Crippen molar-refractivity contribution in [2.45, 2.75) is 20.8 Å². The SMILES string of the molecule is CC(C)(C)C(CO)(CO)CS. The fraction of sp³-hybridized carbons (Fsp3) is 1.00. The van der Waals surface area contributed by atoms with E-state index in [9.17, 15) is 0 Å². The van der Waals surface area contributed by atoms with Crippen LogP contribution >= 0.6 is 12.6 Å². The van der Waals surface area contributed by atoms with Gasteiger partial charge in [-0.25, -0.2) is 0 Å². The van der Waals surface area contributed by atoms with Gasteiger partial charge in [0.05, 0.1) is 13.2 Å². The molecule has 0 saturated carbocycles. The lowest BCUT2D eigenvalue weighted by Crippen LogP contribution is -2.44. The van der Waals surface area contributed by atoms with Gasteiger partial charge in [0.25, 0.3) is 0 Å². The minimum Gasteiger partial charge on any atom is -0.396 e. The highest BCUT2D eigenvalue weighted by molar-refractivity contribution is 7.80. The Bertz CT molecular complexity index is 105. The first-order chi connectivity index (χ1) is 4.93. The predicted molar refractivity (Wildman–Crippen MR) is 49.9 cm³/mol. The number of hydrogen-bond acceptors (Lipinski definition) is 3. The molecule has 0 heterocycles. The van der Waals surface area contributed by atoms with Crippen LogP contribution in [-0.4, -0.2) is 29.2 Å². The third kappa shape index (κ3) is 2.10. The molecule has 68 valence electrons. The summed E-state index contributed by atoms with van der Waals surface area (Å²) in [5, 5.41) is 18.2. The summed E-state index contributed by atoms with van der Waals surface area (Å²) in [7, 11) is 0. The van der Waals surface area contributed by atoms with E-state index < -0.39 is 5.41 Å². The van der Waals surface area contributed by atoms with Gasteiger partial charge >= 0.3 is 0 Å². The molecule has 0 amide bonds. The molecule has 0 bridgehead atoms. The lowest BCUT2D eigenvalue weighted by molar-refractivity contribution is -0.0127. The second-order valence-electron chi connectivity index (χ2n) is 4.00. The topological polar surface area (TPSA) is 40.5 Å². The van der Waals surface area contributed by atoms with Crippen LogP contribution in [0.25, 0.3) is 0 Å². The van der Waals surface area contributed by atoms with Gasteiger partial charge in [-0.3, -0.25) is 0 Å². The molecule has 0 aromatic carbocycles. The van der Waals surface area contributed by atoms with Crippen molar-refractivity contribution in [2.24, 2.45) is 10.8 Å². The van der Waals surface area contributed by atoms with E-state index in [4.69, 9.17) is 10.2 Å². The number of hydrogen-bond donors (Lipinski definition) is 3. The highest BCUT2D eigenvalue weighted by Gasteiger charge is 2.39. The van der Waals surface area contributed by atoms with Crippen LogP contribution in [0.2, 0.25) is 0 Å². The number of aliphatic hydroxyl groups is 2. The Kier molecular flexibility index (Phi) is 3.88. The molecule has 3 heteroatoms. The zero-order valence-corrected chi connectivity index (χ0v) is 8.36. The van der Waals surface area contributed by atoms with Gasteiger partial charge in [0, 0.05) is 11.2 Å². The fourth-order valence-electron chi connectivity index (χ4n) is 0.862. The molecule has 0 aromatic heterocycles. The molecular weight excluding hydrogens is 160 g/mol. The molecule has 11 heavy (non-hydrogen) atoms. The van der Waals surface area contributed by atoms with Crippen LogP contribution in [0.15, 0.2) is 0 Å². The summed E-state index contributed by atoms with van der Waals surface area (Å²) in [6.45, 7) is 5.95. The molecule has 0 unspecified atom stereocenters. The molecule has 0 spiro atoms. The third-order valence-electron chi connectivity index (χ3n) is 2.50. The van der Waals surface area contributed by atoms with E-state index in [1.54, 1.807) is 0 Å². The van der Waals surface area contributed by atoms with Crippen molar-refractivity contribution < 1.29 is 10.2 Å². The van der Waals surface area contributed by atoms with E-state index in [1.807, 2.05) is 20.8 Å². The quantitative estimate of drug-likeness (QED) is 0.563. The van der Waals surface area contributed by atoms with E-state index in [2.05, 4.69) is 12.6 Å². The summed E-state index contributed by atoms with van der Waals surface area (Å²) < 4.78 is 0. The molecule has 0 aliphatic heterocycles. The Labute approximate surface area is 74.0 Å². The van der Waals surface area contributed by atoms with Gasteiger partial charge in [0.2, 0.25) is 0 Å². The van der Waals surface area contributed by atoms with E-state index in [1.165, 1.54) is 0 Å². The van der Waals surface area contributed by atoms with Gasteiger partial charge in [-0.05, 0) is 5.41 Å². The first-order valence-corrected chi connectivity index (χ1v) is 4.39. The average Bonchev–Trinajstić information content (AvgIpc) is 1.90. The van der Waals surface area contributed by atoms with Crippen LogP contribution in [0.5, 0.6) is 0 Å². The van der Waals surface area contributed by atoms with Crippen molar-refractivity contribution in [1.29, 1.82) is 0 Å². The van der Waals surface area contributed by atoms with Crippen LogP contribution in [-0.2, 0) is 0 Å². The van der Waals surface area contributed by atoms with E-state index in [0.29, 0.717) is 5.75 Å². The van der Waals surface area contributed by atoms with Gasteiger partial charge in [0.1, 0.15) is 0 Å². The standard InChI is InChI=1S/C8H18O2S/c1-7(2,3)8(4-9,5-10)6-11/h9-11H,4-6H2,1-3H3. The predicted octanol–water partition coefficient (Wildman–Crippen LogP) is 0.933. The molecule has 0 aliphatic rings. The van der Waals surface area contributed by atoms with Crippen LogP contribution in [0.1, 0.15) is 20.8 Å². The Morgan fingerprint density at radius 3 is 1.45 bits per heavy atom.